The van der Waals surface area contributed by atoms with E-state index in [1.165, 1.54) is 16.5 Å². The molecule has 1 aromatic heterocycles. The van der Waals surface area contributed by atoms with Crippen LogP contribution in [-0.4, -0.2) is 36.1 Å². The number of urea groups is 1. The number of rotatable bonds is 4. The summed E-state index contributed by atoms with van der Waals surface area (Å²) in [5, 5.41) is 4.23. The molecule has 2 heterocycles. The summed E-state index contributed by atoms with van der Waals surface area (Å²) in [5.74, 6) is 0.851. The van der Waals surface area contributed by atoms with E-state index in [2.05, 4.69) is 60.5 Å². The Labute approximate surface area is 165 Å². The van der Waals surface area contributed by atoms with E-state index in [9.17, 15) is 4.79 Å². The molecule has 0 saturated carbocycles. The molecule has 1 atom stereocenters. The summed E-state index contributed by atoms with van der Waals surface area (Å²) in [5.41, 5.74) is 5.79. The van der Waals surface area contributed by atoms with Crippen LogP contribution in [-0.2, 0) is 6.42 Å². The van der Waals surface area contributed by atoms with Gasteiger partial charge in [0.25, 0.3) is 0 Å². The maximum atomic E-state index is 12.9. The maximum absolute atomic E-state index is 12.9. The summed E-state index contributed by atoms with van der Waals surface area (Å²) in [7, 11) is 1.69. The highest BCUT2D eigenvalue weighted by molar-refractivity contribution is 5.87. The van der Waals surface area contributed by atoms with Crippen molar-refractivity contribution in [2.75, 3.05) is 20.2 Å². The normalized spacial score (nSPS) is 16.1. The van der Waals surface area contributed by atoms with Crippen molar-refractivity contribution < 1.29 is 9.53 Å². The van der Waals surface area contributed by atoms with Crippen molar-refractivity contribution in [3.63, 3.8) is 0 Å². The summed E-state index contributed by atoms with van der Waals surface area (Å²) in [4.78, 5) is 18.5. The van der Waals surface area contributed by atoms with Crippen molar-refractivity contribution in [1.29, 1.82) is 0 Å². The van der Waals surface area contributed by atoms with Crippen LogP contribution in [0, 0.1) is 6.92 Å². The zero-order valence-electron chi connectivity index (χ0n) is 16.7. The monoisotopic (exact) mass is 377 g/mol. The molecule has 1 aliphatic rings. The van der Waals surface area contributed by atoms with Crippen LogP contribution in [0.15, 0.2) is 42.5 Å². The van der Waals surface area contributed by atoms with E-state index in [1.807, 2.05) is 11.0 Å². The molecule has 2 N–H and O–H groups in total. The Morgan fingerprint density at radius 3 is 2.75 bits per heavy atom. The van der Waals surface area contributed by atoms with Gasteiger partial charge in [0.2, 0.25) is 0 Å². The predicted octanol–water partition coefficient (Wildman–Crippen LogP) is 4.55. The number of ether oxygens (including phenoxy) is 1. The number of benzene rings is 2. The first-order valence-corrected chi connectivity index (χ1v) is 9.92. The Morgan fingerprint density at radius 2 is 2.04 bits per heavy atom. The summed E-state index contributed by atoms with van der Waals surface area (Å²) in [6.07, 6.45) is 1.75. The van der Waals surface area contributed by atoms with Crippen LogP contribution >= 0.6 is 0 Å². The Kier molecular flexibility index (Phi) is 4.99. The van der Waals surface area contributed by atoms with Crippen molar-refractivity contribution >= 4 is 16.9 Å². The predicted molar refractivity (Wildman–Crippen MR) is 112 cm³/mol. The first-order valence-electron chi connectivity index (χ1n) is 9.92. The molecule has 1 aliphatic heterocycles. The largest absolute Gasteiger partial charge is 0.497 e. The van der Waals surface area contributed by atoms with E-state index in [1.54, 1.807) is 7.11 Å². The van der Waals surface area contributed by atoms with Crippen molar-refractivity contribution in [3.8, 4) is 5.75 Å². The zero-order valence-corrected chi connectivity index (χ0v) is 16.7. The molecule has 28 heavy (non-hydrogen) atoms. The van der Waals surface area contributed by atoms with Gasteiger partial charge in [-0.15, -0.1) is 0 Å². The number of amides is 2. The second-order valence-electron chi connectivity index (χ2n) is 7.42. The van der Waals surface area contributed by atoms with Gasteiger partial charge < -0.3 is 19.9 Å². The third kappa shape index (κ3) is 3.21. The summed E-state index contributed by atoms with van der Waals surface area (Å²) >= 11 is 0. The van der Waals surface area contributed by atoms with Crippen LogP contribution < -0.4 is 10.1 Å². The zero-order chi connectivity index (χ0) is 19.7. The minimum atomic E-state index is -0.125. The van der Waals surface area contributed by atoms with E-state index in [0.29, 0.717) is 13.1 Å². The molecule has 2 aromatic carbocycles. The summed E-state index contributed by atoms with van der Waals surface area (Å²) in [6, 6.07) is 14.5. The first kappa shape index (κ1) is 18.4. The lowest BCUT2D eigenvalue weighted by Crippen LogP contribution is -2.46. The van der Waals surface area contributed by atoms with E-state index >= 15 is 0 Å². The topological polar surface area (TPSA) is 57.4 Å². The molecular weight excluding hydrogens is 350 g/mol. The molecule has 0 radical (unpaired) electrons. The van der Waals surface area contributed by atoms with Gasteiger partial charge in [0.05, 0.1) is 13.2 Å². The average molecular weight is 377 g/mol. The van der Waals surface area contributed by atoms with Crippen LogP contribution in [0.4, 0.5) is 4.79 Å². The molecular formula is C23H27N3O2. The highest BCUT2D eigenvalue weighted by Crippen LogP contribution is 2.39. The number of H-pyrrole nitrogens is 1. The molecule has 0 spiro atoms. The number of methoxy groups -OCH3 is 1. The van der Waals surface area contributed by atoms with Gasteiger partial charge >= 0.3 is 6.03 Å². The average Bonchev–Trinajstić information content (AvgIpc) is 3.09. The fourth-order valence-corrected chi connectivity index (χ4v) is 4.04. The second kappa shape index (κ2) is 7.58. The van der Waals surface area contributed by atoms with Crippen LogP contribution in [0.2, 0.25) is 0 Å². The molecule has 146 valence electrons. The number of nitrogens with one attached hydrogen (secondary N) is 2. The Morgan fingerprint density at radius 1 is 1.25 bits per heavy atom. The molecule has 0 saturated heterocycles. The van der Waals surface area contributed by atoms with E-state index in [-0.39, 0.29) is 12.1 Å². The molecule has 0 fully saturated rings. The van der Waals surface area contributed by atoms with Crippen molar-refractivity contribution in [3.05, 3.63) is 64.8 Å². The Bertz CT molecular complexity index is 991. The number of nitrogens with zero attached hydrogens (tertiary/aromatic N) is 1. The SMILES string of the molecule is CCCNC(=O)N1CCc2c([nH]c3ccc(OC)cc23)[C@H]1c1ccc(C)cc1. The third-order valence-corrected chi connectivity index (χ3v) is 5.51. The van der Waals surface area contributed by atoms with Gasteiger partial charge in [0, 0.05) is 29.7 Å². The molecule has 0 aliphatic carbocycles. The van der Waals surface area contributed by atoms with Gasteiger partial charge in [-0.3, -0.25) is 0 Å². The van der Waals surface area contributed by atoms with Crippen molar-refractivity contribution in [2.45, 2.75) is 32.7 Å². The van der Waals surface area contributed by atoms with Crippen LogP contribution in [0.5, 0.6) is 5.75 Å². The van der Waals surface area contributed by atoms with Crippen molar-refractivity contribution in [2.24, 2.45) is 0 Å². The van der Waals surface area contributed by atoms with Gasteiger partial charge in [0.15, 0.2) is 0 Å². The molecule has 3 aromatic rings. The molecule has 0 bridgehead atoms. The van der Waals surface area contributed by atoms with Crippen LogP contribution in [0.1, 0.15) is 41.8 Å². The summed E-state index contributed by atoms with van der Waals surface area (Å²) < 4.78 is 5.42. The number of fused-ring (bicyclic) bond motifs is 3. The maximum Gasteiger partial charge on any atom is 0.318 e. The number of hydrogen-bond acceptors (Lipinski definition) is 2. The lowest BCUT2D eigenvalue weighted by Gasteiger charge is -2.36. The Hall–Kier alpha value is -2.95. The lowest BCUT2D eigenvalue weighted by atomic mass is 9.92. The number of hydrogen-bond donors (Lipinski definition) is 2. The third-order valence-electron chi connectivity index (χ3n) is 5.51. The van der Waals surface area contributed by atoms with E-state index in [4.69, 9.17) is 4.74 Å². The van der Waals surface area contributed by atoms with Crippen molar-refractivity contribution in [1.82, 2.24) is 15.2 Å². The number of carbonyl (C=O) groups excluding carboxylic acids is 1. The number of aryl methyl sites for hydroxylation is 1. The highest BCUT2D eigenvalue weighted by atomic mass is 16.5. The van der Waals surface area contributed by atoms with Crippen LogP contribution in [0.3, 0.4) is 0 Å². The van der Waals surface area contributed by atoms with Gasteiger partial charge in [-0.25, -0.2) is 4.79 Å². The molecule has 4 rings (SSSR count). The fourth-order valence-electron chi connectivity index (χ4n) is 4.04. The van der Waals surface area contributed by atoms with Gasteiger partial charge in [-0.1, -0.05) is 36.8 Å². The van der Waals surface area contributed by atoms with Gasteiger partial charge in [-0.05, 0) is 49.1 Å². The minimum absolute atomic E-state index is 0.00527. The van der Waals surface area contributed by atoms with E-state index in [0.717, 1.165) is 35.4 Å². The minimum Gasteiger partial charge on any atom is -0.497 e. The van der Waals surface area contributed by atoms with Gasteiger partial charge in [0.1, 0.15) is 5.75 Å². The fraction of sp³-hybridized carbons (Fsp3) is 0.348. The first-order chi connectivity index (χ1) is 13.6. The molecule has 2 amide bonds. The molecule has 5 nitrogen and oxygen atoms in total. The summed E-state index contributed by atoms with van der Waals surface area (Å²) in [6.45, 7) is 5.52. The second-order valence-corrected chi connectivity index (χ2v) is 7.42. The number of aromatic amines is 1. The quantitative estimate of drug-likeness (QED) is 0.701. The van der Waals surface area contributed by atoms with Crippen LogP contribution in [0.25, 0.3) is 10.9 Å². The number of aromatic nitrogens is 1. The van der Waals surface area contributed by atoms with E-state index < -0.39 is 0 Å². The highest BCUT2D eigenvalue weighted by Gasteiger charge is 2.34. The lowest BCUT2D eigenvalue weighted by molar-refractivity contribution is 0.179. The standard InChI is InChI=1S/C23H27N3O2/c1-4-12-24-23(27)26-13-11-18-19-14-17(28-3)9-10-20(19)25-21(18)22(26)16-7-5-15(2)6-8-16/h5-10,14,22,25H,4,11-13H2,1-3H3,(H,24,27)/t22-/m1/s1. The smallest absolute Gasteiger partial charge is 0.318 e. The van der Waals surface area contributed by atoms with Gasteiger partial charge in [-0.2, -0.15) is 0 Å². The number of carbonyl (C=O) groups is 1. The molecule has 5 heteroatoms. The Balaban J connectivity index is 1.83. The molecule has 0 unspecified atom stereocenters.